The van der Waals surface area contributed by atoms with Gasteiger partial charge in [-0.15, -0.1) is 0 Å². The Balaban J connectivity index is 2.01. The number of hydrogen-bond donors (Lipinski definition) is 1. The van der Waals surface area contributed by atoms with Gasteiger partial charge < -0.3 is 0 Å². The van der Waals surface area contributed by atoms with Crippen LogP contribution in [0.3, 0.4) is 0 Å². The van der Waals surface area contributed by atoms with Crippen LogP contribution in [0.4, 0.5) is 0 Å². The molecule has 0 saturated carbocycles. The van der Waals surface area contributed by atoms with E-state index < -0.39 is 10.0 Å². The number of pyridine rings is 1. The molecule has 1 N–H and O–H groups in total. The third kappa shape index (κ3) is 2.58. The third-order valence-electron chi connectivity index (χ3n) is 3.90. The predicted molar refractivity (Wildman–Crippen MR) is 78.0 cm³/mol. The van der Waals surface area contributed by atoms with Crippen molar-refractivity contribution < 1.29 is 8.42 Å². The van der Waals surface area contributed by atoms with Gasteiger partial charge in [0, 0.05) is 18.9 Å². The SMILES string of the molecule is Cc1cn[nH]c1[C@@H]1CCCCN1S(=O)(=O)c1cccnc1. The van der Waals surface area contributed by atoms with Gasteiger partial charge >= 0.3 is 0 Å². The standard InChI is InChI=1S/C14H18N4O2S/c1-11-9-16-17-14(11)13-6-2-3-8-18(13)21(19,20)12-5-4-7-15-10-12/h4-5,7,9-10,13H,2-3,6,8H2,1H3,(H,16,17)/t13-/m0/s1. The molecule has 3 rings (SSSR count). The highest BCUT2D eigenvalue weighted by Crippen LogP contribution is 2.35. The number of rotatable bonds is 3. The van der Waals surface area contributed by atoms with E-state index in [1.807, 2.05) is 6.92 Å². The second kappa shape index (κ2) is 5.57. The first kappa shape index (κ1) is 14.2. The molecular formula is C14H18N4O2S. The van der Waals surface area contributed by atoms with Gasteiger partial charge in [0.05, 0.1) is 17.9 Å². The van der Waals surface area contributed by atoms with Crippen molar-refractivity contribution >= 4 is 10.0 Å². The summed E-state index contributed by atoms with van der Waals surface area (Å²) in [5.74, 6) is 0. The summed E-state index contributed by atoms with van der Waals surface area (Å²) in [4.78, 5) is 4.17. The maximum atomic E-state index is 12.9. The van der Waals surface area contributed by atoms with Gasteiger partial charge in [0.25, 0.3) is 0 Å². The van der Waals surface area contributed by atoms with Crippen LogP contribution in [-0.4, -0.2) is 34.4 Å². The number of aromatic amines is 1. The Bertz CT molecular complexity index is 712. The highest BCUT2D eigenvalue weighted by Gasteiger charge is 2.35. The van der Waals surface area contributed by atoms with E-state index in [2.05, 4.69) is 15.2 Å². The average molecular weight is 306 g/mol. The minimum absolute atomic E-state index is 0.175. The lowest BCUT2D eigenvalue weighted by atomic mass is 10.00. The van der Waals surface area contributed by atoms with Crippen LogP contribution in [0.25, 0.3) is 0 Å². The third-order valence-corrected chi connectivity index (χ3v) is 5.79. The smallest absolute Gasteiger partial charge is 0.245 e. The van der Waals surface area contributed by atoms with Gasteiger partial charge in [-0.25, -0.2) is 8.42 Å². The van der Waals surface area contributed by atoms with E-state index in [1.165, 1.54) is 6.20 Å². The quantitative estimate of drug-likeness (QED) is 0.941. The second-order valence-corrected chi connectivity index (χ2v) is 7.17. The Morgan fingerprint density at radius 3 is 2.86 bits per heavy atom. The van der Waals surface area contributed by atoms with E-state index in [0.717, 1.165) is 30.5 Å². The van der Waals surface area contributed by atoms with E-state index in [9.17, 15) is 8.42 Å². The van der Waals surface area contributed by atoms with Gasteiger partial charge in [0.15, 0.2) is 0 Å². The Morgan fingerprint density at radius 1 is 1.33 bits per heavy atom. The molecule has 0 spiro atoms. The summed E-state index contributed by atoms with van der Waals surface area (Å²) in [6.45, 7) is 2.47. The molecule has 0 radical (unpaired) electrons. The van der Waals surface area contributed by atoms with Gasteiger partial charge in [-0.05, 0) is 37.5 Å². The summed E-state index contributed by atoms with van der Waals surface area (Å²) in [6, 6.07) is 3.06. The van der Waals surface area contributed by atoms with Crippen LogP contribution in [0.5, 0.6) is 0 Å². The molecule has 2 aromatic rings. The highest BCUT2D eigenvalue weighted by atomic mass is 32.2. The molecule has 0 aliphatic carbocycles. The van der Waals surface area contributed by atoms with Gasteiger partial charge in [-0.2, -0.15) is 9.40 Å². The lowest BCUT2D eigenvalue weighted by molar-refractivity contribution is 0.250. The van der Waals surface area contributed by atoms with E-state index in [4.69, 9.17) is 0 Å². The van der Waals surface area contributed by atoms with E-state index in [1.54, 1.807) is 28.8 Å². The molecule has 1 saturated heterocycles. The molecule has 3 heterocycles. The second-order valence-electron chi connectivity index (χ2n) is 5.28. The van der Waals surface area contributed by atoms with Gasteiger partial charge in [0.2, 0.25) is 10.0 Å². The lowest BCUT2D eigenvalue weighted by Gasteiger charge is -2.34. The minimum Gasteiger partial charge on any atom is -0.281 e. The first-order valence-corrected chi connectivity index (χ1v) is 8.46. The number of H-pyrrole nitrogens is 1. The zero-order chi connectivity index (χ0) is 14.9. The summed E-state index contributed by atoms with van der Waals surface area (Å²) in [5.41, 5.74) is 1.88. The van der Waals surface area contributed by atoms with Crippen LogP contribution in [0.1, 0.15) is 36.6 Å². The predicted octanol–water partition coefficient (Wildman–Crippen LogP) is 2.03. The largest absolute Gasteiger partial charge is 0.281 e. The molecule has 0 amide bonds. The highest BCUT2D eigenvalue weighted by molar-refractivity contribution is 7.89. The van der Waals surface area contributed by atoms with Gasteiger partial charge in [0.1, 0.15) is 4.90 Å². The number of nitrogens with zero attached hydrogens (tertiary/aromatic N) is 3. The molecule has 112 valence electrons. The molecule has 21 heavy (non-hydrogen) atoms. The minimum atomic E-state index is -3.53. The Labute approximate surface area is 124 Å². The number of aromatic nitrogens is 3. The number of hydrogen-bond acceptors (Lipinski definition) is 4. The molecule has 0 bridgehead atoms. The zero-order valence-electron chi connectivity index (χ0n) is 11.9. The number of piperidine rings is 1. The number of sulfonamides is 1. The summed E-state index contributed by atoms with van der Waals surface area (Å²) in [5, 5.41) is 6.98. The fourth-order valence-electron chi connectivity index (χ4n) is 2.81. The normalized spacial score (nSPS) is 20.5. The van der Waals surface area contributed by atoms with E-state index in [-0.39, 0.29) is 10.9 Å². The topological polar surface area (TPSA) is 79.0 Å². The molecule has 0 aromatic carbocycles. The Hall–Kier alpha value is -1.73. The zero-order valence-corrected chi connectivity index (χ0v) is 12.7. The molecule has 1 aliphatic rings. The summed E-state index contributed by atoms with van der Waals surface area (Å²) < 4.78 is 27.3. The van der Waals surface area contributed by atoms with Crippen molar-refractivity contribution in [1.82, 2.24) is 19.5 Å². The van der Waals surface area contributed by atoms with Crippen molar-refractivity contribution in [1.29, 1.82) is 0 Å². The van der Waals surface area contributed by atoms with Crippen molar-refractivity contribution in [3.63, 3.8) is 0 Å². The van der Waals surface area contributed by atoms with E-state index in [0.29, 0.717) is 6.54 Å². The van der Waals surface area contributed by atoms with Crippen LogP contribution in [0, 0.1) is 6.92 Å². The van der Waals surface area contributed by atoms with Crippen LogP contribution in [0.15, 0.2) is 35.6 Å². The molecule has 7 heteroatoms. The van der Waals surface area contributed by atoms with Crippen molar-refractivity contribution in [3.8, 4) is 0 Å². The maximum absolute atomic E-state index is 12.9. The van der Waals surface area contributed by atoms with E-state index >= 15 is 0 Å². The van der Waals surface area contributed by atoms with Crippen molar-refractivity contribution in [2.75, 3.05) is 6.54 Å². The average Bonchev–Trinajstić information content (AvgIpc) is 2.94. The van der Waals surface area contributed by atoms with Crippen LogP contribution >= 0.6 is 0 Å². The van der Waals surface area contributed by atoms with Gasteiger partial charge in [-0.1, -0.05) is 6.42 Å². The van der Waals surface area contributed by atoms with Crippen molar-refractivity contribution in [2.45, 2.75) is 37.1 Å². The first-order chi connectivity index (χ1) is 10.1. The fraction of sp³-hybridized carbons (Fsp3) is 0.429. The van der Waals surface area contributed by atoms with Crippen LogP contribution < -0.4 is 0 Å². The lowest BCUT2D eigenvalue weighted by Crippen LogP contribution is -2.38. The molecular weight excluding hydrogens is 288 g/mol. The first-order valence-electron chi connectivity index (χ1n) is 7.02. The van der Waals surface area contributed by atoms with Crippen molar-refractivity contribution in [2.24, 2.45) is 0 Å². The number of nitrogens with one attached hydrogen (secondary N) is 1. The maximum Gasteiger partial charge on any atom is 0.245 e. The van der Waals surface area contributed by atoms with Crippen LogP contribution in [-0.2, 0) is 10.0 Å². The van der Waals surface area contributed by atoms with Gasteiger partial charge in [-0.3, -0.25) is 10.1 Å². The molecule has 1 fully saturated rings. The molecule has 1 aliphatic heterocycles. The molecule has 0 unspecified atom stereocenters. The molecule has 6 nitrogen and oxygen atoms in total. The molecule has 2 aromatic heterocycles. The summed E-state index contributed by atoms with van der Waals surface area (Å²) >= 11 is 0. The fourth-order valence-corrected chi connectivity index (χ4v) is 4.44. The Morgan fingerprint density at radius 2 is 2.19 bits per heavy atom. The van der Waals surface area contributed by atoms with Crippen LogP contribution in [0.2, 0.25) is 0 Å². The summed E-state index contributed by atoms with van der Waals surface area (Å²) in [7, 11) is -3.53. The monoisotopic (exact) mass is 306 g/mol. The molecule has 1 atom stereocenters. The summed E-state index contributed by atoms with van der Waals surface area (Å²) in [6.07, 6.45) is 7.42. The van der Waals surface area contributed by atoms with Crippen molar-refractivity contribution in [3.05, 3.63) is 42.0 Å². The Kier molecular flexibility index (Phi) is 3.77. The number of aryl methyl sites for hydroxylation is 1.